The Morgan fingerprint density at radius 3 is 2.10 bits per heavy atom. The van der Waals surface area contributed by atoms with Crippen LogP contribution in [0.3, 0.4) is 0 Å². The molecule has 2 aromatic carbocycles. The fourth-order valence-electron chi connectivity index (χ4n) is 9.26. The number of aliphatic carboxylic acids is 1. The van der Waals surface area contributed by atoms with Crippen molar-refractivity contribution in [3.63, 3.8) is 0 Å². The second-order valence-electron chi connectivity index (χ2n) is 14.1. The highest BCUT2D eigenvalue weighted by Gasteiger charge is 2.86. The van der Waals surface area contributed by atoms with Gasteiger partial charge in [0.05, 0.1) is 42.9 Å². The Hall–Kier alpha value is -4.93. The van der Waals surface area contributed by atoms with E-state index < -0.39 is 18.1 Å². The number of H-pyrrole nitrogens is 2. The lowest BCUT2D eigenvalue weighted by atomic mass is 9.63. The largest absolute Gasteiger partial charge is 0.481 e. The SMILES string of the molecule is COC(=O)N[C@H](C(=O)N1CCC[C@H]1c1ncc(-c2ccc(-c3ccc(-c4cnc(C56[C@H]7[C@H](C(=O)O)[C@@H]5CC[C@H]76)[nH]4)cc3)cc2)[nH]1)C(C)C. The van der Waals surface area contributed by atoms with E-state index in [0.717, 1.165) is 71.0 Å². The summed E-state index contributed by atoms with van der Waals surface area (Å²) < 4.78 is 4.74. The van der Waals surface area contributed by atoms with Crippen molar-refractivity contribution in [3.05, 3.63) is 72.6 Å². The van der Waals surface area contributed by atoms with Gasteiger partial charge in [0.15, 0.2) is 0 Å². The summed E-state index contributed by atoms with van der Waals surface area (Å²) in [5.74, 6) is 1.55. The zero-order valence-corrected chi connectivity index (χ0v) is 27.3. The fraction of sp³-hybridized carbons (Fsp3) is 0.432. The first kappa shape index (κ1) is 30.4. The molecule has 7 atom stereocenters. The van der Waals surface area contributed by atoms with Gasteiger partial charge in [-0.05, 0) is 71.6 Å². The van der Waals surface area contributed by atoms with Crippen LogP contribution in [0.1, 0.15) is 57.2 Å². The van der Waals surface area contributed by atoms with Gasteiger partial charge in [-0.25, -0.2) is 14.8 Å². The number of nitrogens with zero attached hydrogens (tertiary/aromatic N) is 3. The third kappa shape index (κ3) is 4.57. The molecular formula is C37H40N6O5. The molecule has 1 saturated heterocycles. The average molecular weight is 649 g/mol. The maximum absolute atomic E-state index is 13.5. The Kier molecular flexibility index (Phi) is 7.19. The monoisotopic (exact) mass is 648 g/mol. The predicted octanol–water partition coefficient (Wildman–Crippen LogP) is 5.79. The van der Waals surface area contributed by atoms with Crippen LogP contribution in [0.4, 0.5) is 4.79 Å². The molecular weight excluding hydrogens is 608 g/mol. The van der Waals surface area contributed by atoms with Crippen LogP contribution in [0.5, 0.6) is 0 Å². The van der Waals surface area contributed by atoms with Crippen molar-refractivity contribution in [2.45, 2.75) is 57.0 Å². The molecule has 3 aliphatic carbocycles. The second-order valence-corrected chi connectivity index (χ2v) is 14.1. The lowest BCUT2D eigenvalue weighted by Gasteiger charge is -2.40. The molecule has 8 rings (SSSR count). The number of amides is 2. The van der Waals surface area contributed by atoms with Crippen molar-refractivity contribution >= 4 is 18.0 Å². The lowest BCUT2D eigenvalue weighted by molar-refractivity contribution is -0.150. The number of nitrogens with one attached hydrogen (secondary N) is 3. The number of rotatable bonds is 9. The zero-order chi connectivity index (χ0) is 33.3. The molecule has 11 nitrogen and oxygen atoms in total. The maximum Gasteiger partial charge on any atom is 0.407 e. The Morgan fingerprint density at radius 1 is 0.896 bits per heavy atom. The van der Waals surface area contributed by atoms with Gasteiger partial charge in [0, 0.05) is 12.0 Å². The summed E-state index contributed by atoms with van der Waals surface area (Å²) in [5, 5.41) is 12.3. The van der Waals surface area contributed by atoms with Gasteiger partial charge in [0.2, 0.25) is 5.91 Å². The van der Waals surface area contributed by atoms with E-state index in [-0.39, 0.29) is 41.0 Å². The summed E-state index contributed by atoms with van der Waals surface area (Å²) in [6.07, 6.45) is 6.84. The highest BCUT2D eigenvalue weighted by atomic mass is 16.5. The fourth-order valence-corrected chi connectivity index (χ4v) is 9.26. The first-order valence-corrected chi connectivity index (χ1v) is 16.9. The van der Waals surface area contributed by atoms with Crippen molar-refractivity contribution in [1.29, 1.82) is 0 Å². The standard InChI is InChI=1S/C37H40N6O5/c1-19(2)31(42-36(47)48-3)33(44)43-16-4-5-28(43)32-38-17-26(40-32)22-10-6-20(7-11-22)21-8-12-23(13-9-21)27-18-39-35(41-27)37-24-14-15-25(37)30(37)29(24)34(45)46/h6-13,17-19,24-25,28-31H,4-5,14-16H2,1-3H3,(H,38,40)(H,39,41)(H,42,47)(H,45,46)/t24-,25+,28-,29+,30+,31-,37?/m0/s1. The smallest absolute Gasteiger partial charge is 0.407 e. The quantitative estimate of drug-likeness (QED) is 0.179. The number of ether oxygens (including phenoxy) is 1. The van der Waals surface area contributed by atoms with Crippen LogP contribution in [0, 0.1) is 29.6 Å². The number of benzene rings is 2. The minimum atomic E-state index is -0.674. The number of fused-ring (bicyclic) bond motifs is 1. The molecule has 248 valence electrons. The first-order valence-electron chi connectivity index (χ1n) is 16.9. The summed E-state index contributed by atoms with van der Waals surface area (Å²) in [5.41, 5.74) is 6.03. The molecule has 4 aromatic rings. The van der Waals surface area contributed by atoms with Crippen molar-refractivity contribution in [2.24, 2.45) is 29.6 Å². The van der Waals surface area contributed by atoms with E-state index in [9.17, 15) is 19.5 Å². The zero-order valence-electron chi connectivity index (χ0n) is 27.3. The van der Waals surface area contributed by atoms with Crippen molar-refractivity contribution in [2.75, 3.05) is 13.7 Å². The summed E-state index contributed by atoms with van der Waals surface area (Å²) in [6.45, 7) is 4.42. The number of aromatic nitrogens is 4. The molecule has 3 heterocycles. The number of carboxylic acid groups (broad SMARTS) is 1. The van der Waals surface area contributed by atoms with Crippen LogP contribution < -0.4 is 5.32 Å². The van der Waals surface area contributed by atoms with E-state index in [1.165, 1.54) is 7.11 Å². The molecule has 0 spiro atoms. The topological polar surface area (TPSA) is 153 Å². The summed E-state index contributed by atoms with van der Waals surface area (Å²) in [6, 6.07) is 15.9. The third-order valence-electron chi connectivity index (χ3n) is 11.5. The Morgan fingerprint density at radius 2 is 1.50 bits per heavy atom. The number of hydrogen-bond donors (Lipinski definition) is 4. The molecule has 4 fully saturated rings. The predicted molar refractivity (Wildman–Crippen MR) is 177 cm³/mol. The highest BCUT2D eigenvalue weighted by Crippen LogP contribution is 2.84. The summed E-state index contributed by atoms with van der Waals surface area (Å²) >= 11 is 0. The Labute approximate surface area is 278 Å². The van der Waals surface area contributed by atoms with Crippen LogP contribution in [0.2, 0.25) is 0 Å². The van der Waals surface area contributed by atoms with Crippen LogP contribution in [-0.2, 0) is 19.7 Å². The summed E-state index contributed by atoms with van der Waals surface area (Å²) in [7, 11) is 1.29. The van der Waals surface area contributed by atoms with Crippen LogP contribution >= 0.6 is 0 Å². The normalized spacial score (nSPS) is 27.3. The molecule has 4 aliphatic rings. The van der Waals surface area contributed by atoms with E-state index in [2.05, 4.69) is 68.8 Å². The minimum absolute atomic E-state index is 0.0354. The molecule has 2 aromatic heterocycles. The first-order chi connectivity index (χ1) is 23.2. The van der Waals surface area contributed by atoms with Gasteiger partial charge < -0.3 is 30.0 Å². The molecule has 2 amide bonds. The molecule has 4 N–H and O–H groups in total. The van der Waals surface area contributed by atoms with E-state index in [0.29, 0.717) is 12.5 Å². The van der Waals surface area contributed by atoms with Crippen LogP contribution in [0.15, 0.2) is 60.9 Å². The van der Waals surface area contributed by atoms with Crippen molar-refractivity contribution < 1.29 is 24.2 Å². The molecule has 11 heteroatoms. The number of carbonyl (C=O) groups is 3. The minimum Gasteiger partial charge on any atom is -0.481 e. The molecule has 48 heavy (non-hydrogen) atoms. The number of likely N-dealkylation sites (tertiary alicyclic amines) is 1. The third-order valence-corrected chi connectivity index (χ3v) is 11.5. The maximum atomic E-state index is 13.5. The van der Waals surface area contributed by atoms with Gasteiger partial charge in [0.25, 0.3) is 0 Å². The van der Waals surface area contributed by atoms with Gasteiger partial charge in [0.1, 0.15) is 17.7 Å². The lowest BCUT2D eigenvalue weighted by Crippen LogP contribution is -2.51. The number of imidazole rings is 2. The van der Waals surface area contributed by atoms with Gasteiger partial charge in [-0.15, -0.1) is 0 Å². The number of alkyl carbamates (subject to hydrolysis) is 1. The molecule has 0 bridgehead atoms. The number of aromatic amines is 2. The highest BCUT2D eigenvalue weighted by molar-refractivity contribution is 5.86. The Balaban J connectivity index is 0.938. The van der Waals surface area contributed by atoms with Crippen molar-refractivity contribution in [1.82, 2.24) is 30.2 Å². The molecule has 3 saturated carbocycles. The number of methoxy groups -OCH3 is 1. The van der Waals surface area contributed by atoms with Gasteiger partial charge in [-0.2, -0.15) is 0 Å². The van der Waals surface area contributed by atoms with E-state index >= 15 is 0 Å². The van der Waals surface area contributed by atoms with Crippen LogP contribution in [-0.4, -0.2) is 67.6 Å². The summed E-state index contributed by atoms with van der Waals surface area (Å²) in [4.78, 5) is 55.3. The number of carboxylic acids is 1. The van der Waals surface area contributed by atoms with Crippen molar-refractivity contribution in [3.8, 4) is 33.6 Å². The average Bonchev–Trinajstić information content (AvgIpc) is 3.78. The van der Waals surface area contributed by atoms with Gasteiger partial charge in [-0.3, -0.25) is 9.59 Å². The van der Waals surface area contributed by atoms with E-state index in [1.54, 1.807) is 0 Å². The molecule has 1 aliphatic heterocycles. The number of carbonyl (C=O) groups excluding carboxylic acids is 2. The Bertz CT molecular complexity index is 1880. The second kappa shape index (κ2) is 11.4. The van der Waals surface area contributed by atoms with E-state index in [4.69, 9.17) is 9.72 Å². The molecule has 0 radical (unpaired) electrons. The van der Waals surface area contributed by atoms with Gasteiger partial charge >= 0.3 is 12.1 Å². The van der Waals surface area contributed by atoms with E-state index in [1.807, 2.05) is 31.1 Å². The van der Waals surface area contributed by atoms with Gasteiger partial charge in [-0.1, -0.05) is 62.4 Å². The number of hydrogen-bond acceptors (Lipinski definition) is 6. The van der Waals surface area contributed by atoms with Crippen LogP contribution in [0.25, 0.3) is 33.6 Å². The molecule has 1 unspecified atom stereocenters.